The van der Waals surface area contributed by atoms with Crippen LogP contribution in [0.3, 0.4) is 0 Å². The lowest BCUT2D eigenvalue weighted by Gasteiger charge is -2.62. The molecule has 4 aliphatic rings. The van der Waals surface area contributed by atoms with Crippen LogP contribution in [-0.4, -0.2) is 5.54 Å². The minimum atomic E-state index is 0.0643. The van der Waals surface area contributed by atoms with E-state index >= 15 is 0 Å². The summed E-state index contributed by atoms with van der Waals surface area (Å²) in [6.07, 6.45) is 15.4. The molecule has 7 atom stereocenters. The Bertz CT molecular complexity index is 546. The number of rotatable bonds is 0. The Morgan fingerprint density at radius 1 is 1.14 bits per heavy atom. The van der Waals surface area contributed by atoms with Crippen LogP contribution in [0.2, 0.25) is 0 Å². The lowest BCUT2D eigenvalue weighted by molar-refractivity contribution is -0.0389. The van der Waals surface area contributed by atoms with Crippen molar-refractivity contribution in [2.45, 2.75) is 71.8 Å². The summed E-state index contributed by atoms with van der Waals surface area (Å²) < 4.78 is 0. The zero-order valence-corrected chi connectivity index (χ0v) is 14.9. The van der Waals surface area contributed by atoms with Crippen molar-refractivity contribution in [2.24, 2.45) is 40.2 Å². The Hall–Kier alpha value is -0.560. The summed E-state index contributed by atoms with van der Waals surface area (Å²) in [5.74, 6) is 2.85. The maximum absolute atomic E-state index is 7.26. The van der Waals surface area contributed by atoms with E-state index < -0.39 is 0 Å². The molecule has 6 unspecified atom stereocenters. The van der Waals surface area contributed by atoms with Crippen molar-refractivity contribution in [3.05, 3.63) is 23.8 Å². The molecule has 0 heterocycles. The fourth-order valence-electron chi connectivity index (χ4n) is 7.10. The van der Waals surface area contributed by atoms with E-state index in [-0.39, 0.29) is 11.0 Å². The first kappa shape index (κ1) is 15.0. The van der Waals surface area contributed by atoms with Crippen LogP contribution in [0.5, 0.6) is 0 Å². The summed E-state index contributed by atoms with van der Waals surface area (Å²) in [6, 6.07) is 0. The number of hydrogen-bond donors (Lipinski definition) is 1. The molecule has 2 N–H and O–H groups in total. The average molecular weight is 300 g/mol. The first-order chi connectivity index (χ1) is 10.3. The van der Waals surface area contributed by atoms with Crippen LogP contribution in [-0.2, 0) is 0 Å². The molecule has 4 rings (SSSR count). The lowest BCUT2D eigenvalue weighted by Crippen LogP contribution is -2.65. The van der Waals surface area contributed by atoms with Gasteiger partial charge < -0.3 is 5.73 Å². The van der Waals surface area contributed by atoms with Crippen LogP contribution in [0.4, 0.5) is 0 Å². The zero-order valence-electron chi connectivity index (χ0n) is 14.9. The highest BCUT2D eigenvalue weighted by Crippen LogP contribution is 2.66. The van der Waals surface area contributed by atoms with Crippen molar-refractivity contribution in [3.63, 3.8) is 0 Å². The van der Waals surface area contributed by atoms with Crippen molar-refractivity contribution >= 4 is 0 Å². The standard InChI is InChI=1S/C21H33N/c1-14-5-9-20(4)16(11-14)6-10-21(22)17(20)7-8-19(3)13-15(2)12-18(19)21/h5,9,11,14-15,17-18H,6-8,10,12-13,22H2,1-4H3/t14?,15-,17?,18?,19?,20?,21?/m1/s1. The van der Waals surface area contributed by atoms with Gasteiger partial charge in [-0.3, -0.25) is 0 Å². The van der Waals surface area contributed by atoms with E-state index in [0.717, 1.165) is 11.8 Å². The normalized spacial score (nSPS) is 56.9. The van der Waals surface area contributed by atoms with Gasteiger partial charge in [0, 0.05) is 11.0 Å². The summed E-state index contributed by atoms with van der Waals surface area (Å²) >= 11 is 0. The third-order valence-corrected chi connectivity index (χ3v) is 8.05. The monoisotopic (exact) mass is 299 g/mol. The Morgan fingerprint density at radius 3 is 2.68 bits per heavy atom. The molecule has 0 aromatic heterocycles. The van der Waals surface area contributed by atoms with Gasteiger partial charge in [-0.25, -0.2) is 0 Å². The van der Waals surface area contributed by atoms with Gasteiger partial charge in [0.25, 0.3) is 0 Å². The van der Waals surface area contributed by atoms with E-state index in [4.69, 9.17) is 5.73 Å². The van der Waals surface area contributed by atoms with Crippen LogP contribution >= 0.6 is 0 Å². The molecule has 0 spiro atoms. The third-order valence-electron chi connectivity index (χ3n) is 8.05. The predicted octanol–water partition coefficient (Wildman–Crippen LogP) is 5.08. The summed E-state index contributed by atoms with van der Waals surface area (Å²) in [6.45, 7) is 9.77. The summed E-state index contributed by atoms with van der Waals surface area (Å²) in [5.41, 5.74) is 9.75. The lowest BCUT2D eigenvalue weighted by atomic mass is 9.45. The van der Waals surface area contributed by atoms with E-state index in [2.05, 4.69) is 45.9 Å². The molecular formula is C21H33N. The molecular weight excluding hydrogens is 266 g/mol. The minimum Gasteiger partial charge on any atom is -0.325 e. The maximum Gasteiger partial charge on any atom is 0.0231 e. The van der Waals surface area contributed by atoms with Gasteiger partial charge in [-0.15, -0.1) is 0 Å². The largest absolute Gasteiger partial charge is 0.325 e. The van der Waals surface area contributed by atoms with E-state index in [9.17, 15) is 0 Å². The average Bonchev–Trinajstić information content (AvgIpc) is 2.76. The third kappa shape index (κ3) is 1.81. The van der Waals surface area contributed by atoms with Gasteiger partial charge in [-0.1, -0.05) is 51.5 Å². The second-order valence-electron chi connectivity index (χ2n) is 9.65. The smallest absolute Gasteiger partial charge is 0.0231 e. The summed E-state index contributed by atoms with van der Waals surface area (Å²) in [5, 5.41) is 0. The molecule has 0 aliphatic heterocycles. The van der Waals surface area contributed by atoms with Gasteiger partial charge in [-0.2, -0.15) is 0 Å². The van der Waals surface area contributed by atoms with E-state index in [1.807, 2.05) is 0 Å². The van der Waals surface area contributed by atoms with Gasteiger partial charge in [0.1, 0.15) is 0 Å². The Morgan fingerprint density at radius 2 is 1.91 bits per heavy atom. The quantitative estimate of drug-likeness (QED) is 0.620. The predicted molar refractivity (Wildman–Crippen MR) is 93.4 cm³/mol. The molecule has 1 nitrogen and oxygen atoms in total. The zero-order chi connectivity index (χ0) is 15.8. The molecule has 1 heteroatoms. The van der Waals surface area contributed by atoms with Crippen LogP contribution in [0.1, 0.15) is 66.2 Å². The Kier molecular flexibility index (Phi) is 3.07. The number of fused-ring (bicyclic) bond motifs is 5. The fourth-order valence-corrected chi connectivity index (χ4v) is 7.10. The molecule has 3 fully saturated rings. The van der Waals surface area contributed by atoms with E-state index in [1.54, 1.807) is 5.57 Å². The molecule has 0 bridgehead atoms. The van der Waals surface area contributed by atoms with Crippen molar-refractivity contribution < 1.29 is 0 Å². The Balaban J connectivity index is 1.75. The molecule has 3 saturated carbocycles. The second kappa shape index (κ2) is 4.50. The van der Waals surface area contributed by atoms with Gasteiger partial charge >= 0.3 is 0 Å². The highest BCUT2D eigenvalue weighted by molar-refractivity contribution is 5.35. The van der Waals surface area contributed by atoms with Crippen LogP contribution in [0.15, 0.2) is 23.8 Å². The van der Waals surface area contributed by atoms with Gasteiger partial charge in [-0.05, 0) is 67.6 Å². The van der Waals surface area contributed by atoms with Crippen molar-refractivity contribution in [1.82, 2.24) is 0 Å². The SMILES string of the molecule is CC1C=CC2(C)C(=C1)CCC1(N)C3C[C@@H](C)CC3(C)CCC21. The molecule has 22 heavy (non-hydrogen) atoms. The highest BCUT2D eigenvalue weighted by Gasteiger charge is 2.62. The summed E-state index contributed by atoms with van der Waals surface area (Å²) in [4.78, 5) is 0. The number of allylic oxidation sites excluding steroid dienone is 4. The van der Waals surface area contributed by atoms with Gasteiger partial charge in [0.2, 0.25) is 0 Å². The summed E-state index contributed by atoms with van der Waals surface area (Å²) in [7, 11) is 0. The van der Waals surface area contributed by atoms with Gasteiger partial charge in [0.15, 0.2) is 0 Å². The Labute approximate surface area is 136 Å². The van der Waals surface area contributed by atoms with Crippen LogP contribution < -0.4 is 5.73 Å². The molecule has 0 amide bonds. The van der Waals surface area contributed by atoms with Crippen LogP contribution in [0.25, 0.3) is 0 Å². The number of hydrogen-bond acceptors (Lipinski definition) is 1. The molecule has 0 saturated heterocycles. The molecule has 4 aliphatic carbocycles. The fraction of sp³-hybridized carbons (Fsp3) is 0.810. The minimum absolute atomic E-state index is 0.0643. The molecule has 0 aromatic rings. The van der Waals surface area contributed by atoms with Crippen molar-refractivity contribution in [1.29, 1.82) is 0 Å². The number of nitrogens with two attached hydrogens (primary N) is 1. The maximum atomic E-state index is 7.26. The second-order valence-corrected chi connectivity index (χ2v) is 9.65. The molecule has 0 aromatic carbocycles. The molecule has 122 valence electrons. The highest BCUT2D eigenvalue weighted by atomic mass is 14.9. The van der Waals surface area contributed by atoms with Gasteiger partial charge in [0.05, 0.1) is 0 Å². The topological polar surface area (TPSA) is 26.0 Å². The van der Waals surface area contributed by atoms with Crippen LogP contribution in [0, 0.1) is 34.5 Å². The van der Waals surface area contributed by atoms with E-state index in [1.165, 1.54) is 38.5 Å². The molecule has 0 radical (unpaired) electrons. The van der Waals surface area contributed by atoms with Crippen molar-refractivity contribution in [2.75, 3.05) is 0 Å². The first-order valence-corrected chi connectivity index (χ1v) is 9.47. The van der Waals surface area contributed by atoms with E-state index in [0.29, 0.717) is 17.3 Å². The first-order valence-electron chi connectivity index (χ1n) is 9.47. The van der Waals surface area contributed by atoms with Crippen molar-refractivity contribution in [3.8, 4) is 0 Å².